The lowest BCUT2D eigenvalue weighted by molar-refractivity contribution is -0.385. The van der Waals surface area contributed by atoms with Crippen molar-refractivity contribution in [1.82, 2.24) is 4.90 Å². The molecule has 0 bridgehead atoms. The number of nitrogens with zero attached hydrogens (tertiary/aromatic N) is 2. The lowest BCUT2D eigenvalue weighted by Gasteiger charge is -2.26. The van der Waals surface area contributed by atoms with Crippen molar-refractivity contribution in [3.8, 4) is 0 Å². The van der Waals surface area contributed by atoms with Crippen LogP contribution in [0.4, 0.5) is 5.69 Å². The molecule has 0 aromatic heterocycles. The number of nitro groups is 1. The third-order valence-corrected chi connectivity index (χ3v) is 3.26. The Morgan fingerprint density at radius 2 is 1.95 bits per heavy atom. The lowest BCUT2D eigenvalue weighted by atomic mass is 10.0. The van der Waals surface area contributed by atoms with E-state index in [0.717, 1.165) is 0 Å². The summed E-state index contributed by atoms with van der Waals surface area (Å²) in [6.45, 7) is 2.28. The average Bonchev–Trinajstić information content (AvgIpc) is 2.38. The predicted octanol–water partition coefficient (Wildman–Crippen LogP) is 1.71. The molecule has 1 aliphatic rings. The maximum absolute atomic E-state index is 12.3. The fourth-order valence-corrected chi connectivity index (χ4v) is 2.20. The van der Waals surface area contributed by atoms with Gasteiger partial charge in [-0.15, -0.1) is 0 Å². The Labute approximate surface area is 110 Å². The molecule has 0 radical (unpaired) electrons. The molecule has 1 aromatic rings. The first-order valence-corrected chi connectivity index (χ1v) is 6.05. The van der Waals surface area contributed by atoms with Crippen LogP contribution in [-0.4, -0.2) is 34.6 Å². The Kier molecular flexibility index (Phi) is 3.59. The highest BCUT2D eigenvalue weighted by Crippen LogP contribution is 2.25. The number of para-hydroxylation sites is 1. The normalized spacial score (nSPS) is 15.4. The molecule has 1 heterocycles. The summed E-state index contributed by atoms with van der Waals surface area (Å²) in [5, 5.41) is 11.1. The molecule has 0 atom stereocenters. The number of hydrogen-bond donors (Lipinski definition) is 0. The van der Waals surface area contributed by atoms with Crippen LogP contribution in [0.15, 0.2) is 18.2 Å². The molecule has 6 nitrogen and oxygen atoms in total. The molecule has 19 heavy (non-hydrogen) atoms. The van der Waals surface area contributed by atoms with E-state index >= 15 is 0 Å². The van der Waals surface area contributed by atoms with Crippen LogP contribution in [0.25, 0.3) is 0 Å². The van der Waals surface area contributed by atoms with Crippen molar-refractivity contribution in [2.75, 3.05) is 13.1 Å². The number of amides is 1. The first kappa shape index (κ1) is 13.2. The summed E-state index contributed by atoms with van der Waals surface area (Å²) < 4.78 is 0. The third-order valence-electron chi connectivity index (χ3n) is 3.26. The van der Waals surface area contributed by atoms with Crippen molar-refractivity contribution in [2.45, 2.75) is 19.8 Å². The Balaban J connectivity index is 2.31. The molecule has 1 aliphatic heterocycles. The van der Waals surface area contributed by atoms with Crippen molar-refractivity contribution in [1.29, 1.82) is 0 Å². The number of piperidine rings is 1. The van der Waals surface area contributed by atoms with E-state index in [1.54, 1.807) is 19.1 Å². The summed E-state index contributed by atoms with van der Waals surface area (Å²) in [6.07, 6.45) is 0.650. The summed E-state index contributed by atoms with van der Waals surface area (Å²) >= 11 is 0. The third kappa shape index (κ3) is 2.62. The molecule has 0 unspecified atom stereocenters. The fourth-order valence-electron chi connectivity index (χ4n) is 2.20. The predicted molar refractivity (Wildman–Crippen MR) is 68.0 cm³/mol. The van der Waals surface area contributed by atoms with Gasteiger partial charge in [-0.2, -0.15) is 0 Å². The monoisotopic (exact) mass is 262 g/mol. The van der Waals surface area contributed by atoms with Crippen molar-refractivity contribution >= 4 is 17.4 Å². The van der Waals surface area contributed by atoms with E-state index in [9.17, 15) is 19.7 Å². The van der Waals surface area contributed by atoms with Gasteiger partial charge in [-0.3, -0.25) is 19.7 Å². The number of aryl methyl sites for hydroxylation is 1. The topological polar surface area (TPSA) is 80.5 Å². The van der Waals surface area contributed by atoms with Gasteiger partial charge in [0.05, 0.1) is 4.92 Å². The van der Waals surface area contributed by atoms with E-state index in [1.165, 1.54) is 11.0 Å². The lowest BCUT2D eigenvalue weighted by Crippen LogP contribution is -2.38. The zero-order valence-electron chi connectivity index (χ0n) is 10.6. The van der Waals surface area contributed by atoms with E-state index in [-0.39, 0.29) is 22.9 Å². The van der Waals surface area contributed by atoms with Crippen LogP contribution in [0, 0.1) is 17.0 Å². The van der Waals surface area contributed by atoms with Gasteiger partial charge in [0.2, 0.25) is 0 Å². The van der Waals surface area contributed by atoms with Crippen molar-refractivity contribution in [3.63, 3.8) is 0 Å². The number of carbonyl (C=O) groups excluding carboxylic acids is 2. The zero-order chi connectivity index (χ0) is 14.0. The second kappa shape index (κ2) is 5.17. The van der Waals surface area contributed by atoms with Crippen LogP contribution < -0.4 is 0 Å². The summed E-state index contributed by atoms with van der Waals surface area (Å²) in [7, 11) is 0. The van der Waals surface area contributed by atoms with Crippen LogP contribution in [0.2, 0.25) is 0 Å². The van der Waals surface area contributed by atoms with Gasteiger partial charge in [0, 0.05) is 31.5 Å². The summed E-state index contributed by atoms with van der Waals surface area (Å²) in [5.41, 5.74) is 0.410. The van der Waals surface area contributed by atoms with E-state index in [0.29, 0.717) is 31.5 Å². The second-order valence-electron chi connectivity index (χ2n) is 4.56. The van der Waals surface area contributed by atoms with E-state index in [2.05, 4.69) is 0 Å². The van der Waals surface area contributed by atoms with Crippen molar-refractivity contribution < 1.29 is 14.5 Å². The standard InChI is InChI=1S/C13H14N2O4/c1-9-3-2-4-11(12(9)15(18)19)13(17)14-7-5-10(16)6-8-14/h2-4H,5-8H2,1H3. The molecule has 1 aromatic carbocycles. The Morgan fingerprint density at radius 3 is 2.53 bits per heavy atom. The van der Waals surface area contributed by atoms with Crippen LogP contribution in [-0.2, 0) is 4.79 Å². The maximum Gasteiger partial charge on any atom is 0.285 e. The smallest absolute Gasteiger partial charge is 0.285 e. The van der Waals surface area contributed by atoms with Gasteiger partial charge in [-0.05, 0) is 13.0 Å². The van der Waals surface area contributed by atoms with Crippen molar-refractivity contribution in [2.24, 2.45) is 0 Å². The number of likely N-dealkylation sites (tertiary alicyclic amines) is 1. The zero-order valence-corrected chi connectivity index (χ0v) is 10.6. The number of rotatable bonds is 2. The minimum atomic E-state index is -0.530. The minimum Gasteiger partial charge on any atom is -0.338 e. The van der Waals surface area contributed by atoms with E-state index in [1.807, 2.05) is 0 Å². The highest BCUT2D eigenvalue weighted by molar-refractivity contribution is 5.99. The number of nitro benzene ring substituents is 1. The molecule has 0 spiro atoms. The van der Waals surface area contributed by atoms with Crippen molar-refractivity contribution in [3.05, 3.63) is 39.4 Å². The van der Waals surface area contributed by atoms with Crippen LogP contribution >= 0.6 is 0 Å². The highest BCUT2D eigenvalue weighted by Gasteiger charge is 2.28. The van der Waals surface area contributed by atoms with Crippen LogP contribution in [0.5, 0.6) is 0 Å². The number of carbonyl (C=O) groups is 2. The molecule has 100 valence electrons. The van der Waals surface area contributed by atoms with Gasteiger partial charge in [-0.1, -0.05) is 12.1 Å². The molecule has 1 fully saturated rings. The van der Waals surface area contributed by atoms with Crippen LogP contribution in [0.1, 0.15) is 28.8 Å². The molecule has 0 aliphatic carbocycles. The molecule has 0 N–H and O–H groups in total. The summed E-state index contributed by atoms with van der Waals surface area (Å²) in [5.74, 6) is -0.245. The minimum absolute atomic E-state index is 0.0966. The number of benzene rings is 1. The molecule has 1 saturated heterocycles. The van der Waals surface area contributed by atoms with E-state index < -0.39 is 4.92 Å². The van der Waals surface area contributed by atoms with Gasteiger partial charge in [-0.25, -0.2) is 0 Å². The molecule has 2 rings (SSSR count). The molecule has 6 heteroatoms. The SMILES string of the molecule is Cc1cccc(C(=O)N2CCC(=O)CC2)c1[N+](=O)[O-]. The van der Waals surface area contributed by atoms with Crippen LogP contribution in [0.3, 0.4) is 0 Å². The first-order valence-electron chi connectivity index (χ1n) is 6.05. The molecular formula is C13H14N2O4. The first-order chi connectivity index (χ1) is 9.00. The average molecular weight is 262 g/mol. The summed E-state index contributed by atoms with van der Waals surface area (Å²) in [4.78, 5) is 35.5. The van der Waals surface area contributed by atoms with Gasteiger partial charge in [0.15, 0.2) is 0 Å². The van der Waals surface area contributed by atoms with E-state index in [4.69, 9.17) is 0 Å². The molecule has 0 saturated carbocycles. The molecule has 1 amide bonds. The van der Waals surface area contributed by atoms with Gasteiger partial charge < -0.3 is 4.90 Å². The second-order valence-corrected chi connectivity index (χ2v) is 4.56. The van der Waals surface area contributed by atoms with Gasteiger partial charge in [0.25, 0.3) is 11.6 Å². The highest BCUT2D eigenvalue weighted by atomic mass is 16.6. The Bertz CT molecular complexity index is 544. The largest absolute Gasteiger partial charge is 0.338 e. The Morgan fingerprint density at radius 1 is 1.32 bits per heavy atom. The summed E-state index contributed by atoms with van der Waals surface area (Å²) in [6, 6.07) is 4.70. The van der Waals surface area contributed by atoms with Gasteiger partial charge >= 0.3 is 0 Å². The number of ketones is 1. The van der Waals surface area contributed by atoms with Gasteiger partial charge in [0.1, 0.15) is 11.3 Å². The number of hydrogen-bond acceptors (Lipinski definition) is 4. The Hall–Kier alpha value is -2.24. The molecular weight excluding hydrogens is 248 g/mol. The fraction of sp³-hybridized carbons (Fsp3) is 0.385. The maximum atomic E-state index is 12.3. The number of Topliss-reactive ketones (excluding diaryl/α,β-unsaturated/α-hetero) is 1. The quantitative estimate of drug-likeness (QED) is 0.600.